The van der Waals surface area contributed by atoms with Gasteiger partial charge in [-0.3, -0.25) is 0 Å². The van der Waals surface area contributed by atoms with Crippen molar-refractivity contribution in [1.82, 2.24) is 9.61 Å². The molecule has 3 aromatic rings. The van der Waals surface area contributed by atoms with E-state index in [0.717, 1.165) is 10.9 Å². The molecule has 0 aliphatic heterocycles. The summed E-state index contributed by atoms with van der Waals surface area (Å²) in [7, 11) is 0. The zero-order chi connectivity index (χ0) is 10.4. The monoisotopic (exact) mass is 218 g/mol. The van der Waals surface area contributed by atoms with E-state index >= 15 is 0 Å². The van der Waals surface area contributed by atoms with Crippen LogP contribution in [0.15, 0.2) is 36.5 Å². The first-order chi connectivity index (χ1) is 7.25. The van der Waals surface area contributed by atoms with Gasteiger partial charge in [-0.25, -0.2) is 4.52 Å². The Morgan fingerprint density at radius 1 is 1.13 bits per heavy atom. The molecule has 3 rings (SSSR count). The Hall–Kier alpha value is -1.74. The van der Waals surface area contributed by atoms with Crippen LogP contribution >= 0.6 is 11.6 Å². The molecule has 1 aromatic carbocycles. The lowest BCUT2D eigenvalue weighted by Gasteiger charge is -2.01. The number of hydrogen-bond acceptors (Lipinski definition) is 2. The van der Waals surface area contributed by atoms with Gasteiger partial charge >= 0.3 is 0 Å². The van der Waals surface area contributed by atoms with Crippen LogP contribution in [0.2, 0.25) is 5.02 Å². The number of benzene rings is 1. The van der Waals surface area contributed by atoms with E-state index in [4.69, 9.17) is 11.6 Å². The summed E-state index contributed by atoms with van der Waals surface area (Å²) < 4.78 is 1.70. The summed E-state index contributed by atoms with van der Waals surface area (Å²) >= 11 is 5.90. The number of rotatable bonds is 0. The third-order valence-electron chi connectivity index (χ3n) is 2.42. The fourth-order valence-corrected chi connectivity index (χ4v) is 1.90. The summed E-state index contributed by atoms with van der Waals surface area (Å²) in [5, 5.41) is 15.3. The Morgan fingerprint density at radius 2 is 1.93 bits per heavy atom. The minimum atomic E-state index is 0.187. The molecule has 0 unspecified atom stereocenters. The highest BCUT2D eigenvalue weighted by Gasteiger charge is 2.05. The van der Waals surface area contributed by atoms with Crippen LogP contribution < -0.4 is 0 Å². The SMILES string of the molecule is Oc1cnn2c1ccc1cc(Cl)ccc12. The fourth-order valence-electron chi connectivity index (χ4n) is 1.72. The second-order valence-electron chi connectivity index (χ2n) is 3.36. The van der Waals surface area contributed by atoms with Gasteiger partial charge in [0.05, 0.1) is 11.7 Å². The second-order valence-corrected chi connectivity index (χ2v) is 3.80. The third kappa shape index (κ3) is 1.17. The maximum atomic E-state index is 9.52. The van der Waals surface area contributed by atoms with Crippen LogP contribution in [0.25, 0.3) is 16.4 Å². The van der Waals surface area contributed by atoms with E-state index < -0.39 is 0 Å². The molecule has 74 valence electrons. The van der Waals surface area contributed by atoms with Gasteiger partial charge in [0.25, 0.3) is 0 Å². The van der Waals surface area contributed by atoms with Crippen LogP contribution in [-0.2, 0) is 0 Å². The Labute approximate surface area is 90.5 Å². The largest absolute Gasteiger partial charge is 0.504 e. The highest BCUT2D eigenvalue weighted by molar-refractivity contribution is 6.31. The molecule has 0 saturated carbocycles. The standard InChI is InChI=1S/C11H7ClN2O/c12-8-2-4-9-7(5-8)1-3-10-11(15)6-13-14(9)10/h1-6,15H. The zero-order valence-electron chi connectivity index (χ0n) is 7.68. The summed E-state index contributed by atoms with van der Waals surface area (Å²) in [6.45, 7) is 0. The number of aromatic hydroxyl groups is 1. The van der Waals surface area contributed by atoms with Crippen LogP contribution in [0.1, 0.15) is 0 Å². The molecule has 15 heavy (non-hydrogen) atoms. The normalized spacial score (nSPS) is 11.3. The lowest BCUT2D eigenvalue weighted by Crippen LogP contribution is -1.88. The minimum absolute atomic E-state index is 0.187. The van der Waals surface area contributed by atoms with Gasteiger partial charge in [-0.15, -0.1) is 0 Å². The Kier molecular flexibility index (Phi) is 1.64. The average molecular weight is 219 g/mol. The van der Waals surface area contributed by atoms with Gasteiger partial charge in [0.2, 0.25) is 0 Å². The summed E-state index contributed by atoms with van der Waals surface area (Å²) in [5.74, 6) is 0.187. The van der Waals surface area contributed by atoms with Crippen molar-refractivity contribution in [3.63, 3.8) is 0 Å². The van der Waals surface area contributed by atoms with Crippen LogP contribution in [0.4, 0.5) is 0 Å². The molecule has 0 bridgehead atoms. The molecule has 0 saturated heterocycles. The summed E-state index contributed by atoms with van der Waals surface area (Å²) in [4.78, 5) is 0. The van der Waals surface area contributed by atoms with Crippen LogP contribution in [0, 0.1) is 0 Å². The van der Waals surface area contributed by atoms with Gasteiger partial charge in [-0.1, -0.05) is 17.7 Å². The summed E-state index contributed by atoms with van der Waals surface area (Å²) in [5.41, 5.74) is 1.63. The fraction of sp³-hybridized carbons (Fsp3) is 0. The minimum Gasteiger partial charge on any atom is -0.504 e. The highest BCUT2D eigenvalue weighted by atomic mass is 35.5. The van der Waals surface area contributed by atoms with E-state index in [1.54, 1.807) is 4.52 Å². The van der Waals surface area contributed by atoms with Crippen molar-refractivity contribution in [1.29, 1.82) is 0 Å². The van der Waals surface area contributed by atoms with Crippen LogP contribution in [0.5, 0.6) is 5.75 Å². The highest BCUT2D eigenvalue weighted by Crippen LogP contribution is 2.24. The number of aromatic nitrogens is 2. The van der Waals surface area contributed by atoms with Crippen molar-refractivity contribution in [3.8, 4) is 5.75 Å². The molecule has 0 aliphatic rings. The quantitative estimate of drug-likeness (QED) is 0.630. The average Bonchev–Trinajstić information content (AvgIpc) is 2.60. The van der Waals surface area contributed by atoms with Gasteiger partial charge in [-0.2, -0.15) is 5.10 Å². The molecule has 2 heterocycles. The van der Waals surface area contributed by atoms with Crippen molar-refractivity contribution in [2.24, 2.45) is 0 Å². The molecule has 0 radical (unpaired) electrons. The van der Waals surface area contributed by atoms with Gasteiger partial charge in [-0.05, 0) is 24.3 Å². The Morgan fingerprint density at radius 3 is 2.80 bits per heavy atom. The molecule has 1 N–H and O–H groups in total. The maximum absolute atomic E-state index is 9.52. The predicted octanol–water partition coefficient (Wildman–Crippen LogP) is 2.85. The third-order valence-corrected chi connectivity index (χ3v) is 2.66. The molecular weight excluding hydrogens is 212 g/mol. The van der Waals surface area contributed by atoms with Crippen LogP contribution in [-0.4, -0.2) is 14.7 Å². The van der Waals surface area contributed by atoms with E-state index in [1.807, 2.05) is 30.3 Å². The van der Waals surface area contributed by atoms with E-state index in [-0.39, 0.29) is 5.75 Å². The topological polar surface area (TPSA) is 37.5 Å². The molecule has 0 amide bonds. The maximum Gasteiger partial charge on any atom is 0.161 e. The van der Waals surface area contributed by atoms with Crippen molar-refractivity contribution < 1.29 is 5.11 Å². The first kappa shape index (κ1) is 8.56. The predicted molar refractivity (Wildman–Crippen MR) is 59.4 cm³/mol. The van der Waals surface area contributed by atoms with E-state index in [2.05, 4.69) is 5.10 Å². The van der Waals surface area contributed by atoms with Crippen molar-refractivity contribution >= 4 is 28.0 Å². The molecule has 0 fully saturated rings. The molecule has 4 heteroatoms. The lowest BCUT2D eigenvalue weighted by atomic mass is 10.2. The van der Waals surface area contributed by atoms with Gasteiger partial charge < -0.3 is 5.11 Å². The zero-order valence-corrected chi connectivity index (χ0v) is 8.44. The first-order valence-electron chi connectivity index (χ1n) is 4.51. The molecule has 0 spiro atoms. The van der Waals surface area contributed by atoms with Crippen molar-refractivity contribution in [3.05, 3.63) is 41.6 Å². The smallest absolute Gasteiger partial charge is 0.161 e. The van der Waals surface area contributed by atoms with Crippen LogP contribution in [0.3, 0.4) is 0 Å². The van der Waals surface area contributed by atoms with Gasteiger partial charge in [0.1, 0.15) is 5.52 Å². The molecule has 2 aromatic heterocycles. The summed E-state index contributed by atoms with van der Waals surface area (Å²) in [6.07, 6.45) is 1.43. The van der Waals surface area contributed by atoms with Crippen molar-refractivity contribution in [2.75, 3.05) is 0 Å². The molecule has 0 aliphatic carbocycles. The Balaban J connectivity index is 2.55. The van der Waals surface area contributed by atoms with Crippen molar-refractivity contribution in [2.45, 2.75) is 0 Å². The number of pyridine rings is 1. The molecule has 0 atom stereocenters. The van der Waals surface area contributed by atoms with Gasteiger partial charge in [0.15, 0.2) is 5.75 Å². The summed E-state index contributed by atoms with van der Waals surface area (Å²) in [6, 6.07) is 9.30. The first-order valence-corrected chi connectivity index (χ1v) is 4.88. The van der Waals surface area contributed by atoms with Gasteiger partial charge in [0, 0.05) is 10.4 Å². The second kappa shape index (κ2) is 2.87. The molecular formula is C11H7ClN2O. The lowest BCUT2D eigenvalue weighted by molar-refractivity contribution is 0.481. The number of nitrogens with zero attached hydrogens (tertiary/aromatic N) is 2. The number of hydrogen-bond donors (Lipinski definition) is 1. The van der Waals surface area contributed by atoms with E-state index in [1.165, 1.54) is 6.20 Å². The number of halogens is 1. The van der Waals surface area contributed by atoms with E-state index in [9.17, 15) is 5.11 Å². The Bertz CT molecular complexity index is 660. The number of fused-ring (bicyclic) bond motifs is 3. The molecule has 3 nitrogen and oxygen atoms in total. The van der Waals surface area contributed by atoms with E-state index in [0.29, 0.717) is 10.5 Å².